The quantitative estimate of drug-likeness (QED) is 0.377. The van der Waals surface area contributed by atoms with Crippen LogP contribution in [0, 0.1) is 5.41 Å². The van der Waals surface area contributed by atoms with E-state index in [1.165, 1.54) is 77.4 Å². The van der Waals surface area contributed by atoms with Crippen LogP contribution in [0.5, 0.6) is 0 Å². The third-order valence-corrected chi connectivity index (χ3v) is 4.52. The maximum Gasteiger partial charge on any atom is 0.00351 e. The van der Waals surface area contributed by atoms with Crippen molar-refractivity contribution in [2.45, 2.75) is 92.4 Å². The van der Waals surface area contributed by atoms with Crippen molar-refractivity contribution < 1.29 is 0 Å². The molecular weight excluding hydrogens is 230 g/mol. The van der Waals surface area contributed by atoms with Gasteiger partial charge in [-0.05, 0) is 31.3 Å². The van der Waals surface area contributed by atoms with Crippen LogP contribution in [0.25, 0.3) is 0 Å². The Kier molecular flexibility index (Phi) is 11.7. The summed E-state index contributed by atoms with van der Waals surface area (Å²) >= 11 is 0. The van der Waals surface area contributed by atoms with Crippen LogP contribution in [0.15, 0.2) is 0 Å². The molecule has 19 heavy (non-hydrogen) atoms. The minimum absolute atomic E-state index is 0.550. The first-order valence-corrected chi connectivity index (χ1v) is 8.84. The monoisotopic (exact) mass is 269 g/mol. The van der Waals surface area contributed by atoms with Gasteiger partial charge in [0.15, 0.2) is 0 Å². The number of nitrogens with zero attached hydrogens (tertiary/aromatic N) is 1. The van der Waals surface area contributed by atoms with Gasteiger partial charge in [0.25, 0.3) is 0 Å². The lowest BCUT2D eigenvalue weighted by Gasteiger charge is -2.35. The van der Waals surface area contributed by atoms with Gasteiger partial charge in [0.05, 0.1) is 0 Å². The summed E-state index contributed by atoms with van der Waals surface area (Å²) in [5.74, 6) is 0. The van der Waals surface area contributed by atoms with Crippen LogP contribution in [-0.4, -0.2) is 24.5 Å². The summed E-state index contributed by atoms with van der Waals surface area (Å²) in [6, 6.07) is 0. The van der Waals surface area contributed by atoms with Crippen molar-refractivity contribution in [2.24, 2.45) is 5.41 Å². The van der Waals surface area contributed by atoms with Crippen LogP contribution < -0.4 is 0 Å². The molecule has 0 N–H and O–H groups in total. The summed E-state index contributed by atoms with van der Waals surface area (Å²) in [6.07, 6.45) is 12.6. The van der Waals surface area contributed by atoms with Crippen molar-refractivity contribution in [3.05, 3.63) is 0 Å². The normalized spacial score (nSPS) is 14.8. The van der Waals surface area contributed by atoms with Crippen LogP contribution in [0.4, 0.5) is 0 Å². The zero-order valence-corrected chi connectivity index (χ0v) is 14.4. The zero-order valence-electron chi connectivity index (χ0n) is 14.4. The van der Waals surface area contributed by atoms with Gasteiger partial charge in [-0.2, -0.15) is 0 Å². The van der Waals surface area contributed by atoms with Crippen molar-refractivity contribution in [1.29, 1.82) is 0 Å². The van der Waals surface area contributed by atoms with Gasteiger partial charge in [-0.25, -0.2) is 0 Å². The molecule has 116 valence electrons. The molecule has 0 aliphatic carbocycles. The van der Waals surface area contributed by atoms with E-state index < -0.39 is 0 Å². The number of rotatable bonds is 13. The number of hydrogen-bond acceptors (Lipinski definition) is 1. The summed E-state index contributed by atoms with van der Waals surface area (Å²) in [5, 5.41) is 0. The van der Waals surface area contributed by atoms with Gasteiger partial charge >= 0.3 is 0 Å². The van der Waals surface area contributed by atoms with Gasteiger partial charge in [0.2, 0.25) is 0 Å². The maximum absolute atomic E-state index is 2.61. The summed E-state index contributed by atoms with van der Waals surface area (Å²) in [4.78, 5) is 2.61. The molecule has 0 fully saturated rings. The second kappa shape index (κ2) is 11.8. The minimum atomic E-state index is 0.550. The van der Waals surface area contributed by atoms with Crippen LogP contribution >= 0.6 is 0 Å². The molecule has 0 aromatic carbocycles. The highest BCUT2D eigenvalue weighted by Gasteiger charge is 2.25. The smallest absolute Gasteiger partial charge is 0.00351 e. The lowest BCUT2D eigenvalue weighted by atomic mass is 9.79. The fourth-order valence-corrected chi connectivity index (χ4v) is 3.03. The summed E-state index contributed by atoms with van der Waals surface area (Å²) in [5.41, 5.74) is 0.550. The third-order valence-electron chi connectivity index (χ3n) is 4.52. The van der Waals surface area contributed by atoms with Gasteiger partial charge in [0, 0.05) is 6.54 Å². The SMILES string of the molecule is CCCCCCCC(C)(CCCC)CN(CC)CC. The van der Waals surface area contributed by atoms with Crippen LogP contribution in [0.3, 0.4) is 0 Å². The first-order chi connectivity index (χ1) is 9.11. The molecule has 0 aliphatic heterocycles. The average Bonchev–Trinajstić information content (AvgIpc) is 2.42. The third kappa shape index (κ3) is 9.49. The molecule has 0 saturated carbocycles. The molecule has 1 heteroatoms. The first kappa shape index (κ1) is 19.0. The lowest BCUT2D eigenvalue weighted by Crippen LogP contribution is -2.36. The van der Waals surface area contributed by atoms with Crippen LogP contribution in [0.2, 0.25) is 0 Å². The molecule has 0 saturated heterocycles. The molecule has 1 nitrogen and oxygen atoms in total. The highest BCUT2D eigenvalue weighted by molar-refractivity contribution is 4.78. The molecule has 0 rings (SSSR count). The van der Waals surface area contributed by atoms with Crippen molar-refractivity contribution in [3.63, 3.8) is 0 Å². The van der Waals surface area contributed by atoms with E-state index in [0.717, 1.165) is 0 Å². The van der Waals surface area contributed by atoms with E-state index in [1.54, 1.807) is 0 Å². The Bertz CT molecular complexity index is 186. The van der Waals surface area contributed by atoms with E-state index in [-0.39, 0.29) is 0 Å². The topological polar surface area (TPSA) is 3.24 Å². The Labute approximate surface area is 123 Å². The summed E-state index contributed by atoms with van der Waals surface area (Å²) < 4.78 is 0. The van der Waals surface area contributed by atoms with Gasteiger partial charge in [-0.1, -0.05) is 79.6 Å². The minimum Gasteiger partial charge on any atom is -0.303 e. The van der Waals surface area contributed by atoms with Crippen molar-refractivity contribution in [2.75, 3.05) is 19.6 Å². The van der Waals surface area contributed by atoms with Crippen molar-refractivity contribution in [3.8, 4) is 0 Å². The Morgan fingerprint density at radius 1 is 0.684 bits per heavy atom. The Balaban J connectivity index is 4.16. The molecule has 0 aliphatic rings. The Hall–Kier alpha value is -0.0400. The fraction of sp³-hybridized carbons (Fsp3) is 1.00. The molecule has 0 spiro atoms. The number of unbranched alkanes of at least 4 members (excludes halogenated alkanes) is 5. The van der Waals surface area contributed by atoms with E-state index in [2.05, 4.69) is 39.5 Å². The van der Waals surface area contributed by atoms with Gasteiger partial charge in [-0.3, -0.25) is 0 Å². The van der Waals surface area contributed by atoms with Gasteiger partial charge in [0.1, 0.15) is 0 Å². The summed E-state index contributed by atoms with van der Waals surface area (Å²) in [7, 11) is 0. The molecule has 0 amide bonds. The fourth-order valence-electron chi connectivity index (χ4n) is 3.03. The van der Waals surface area contributed by atoms with Crippen LogP contribution in [0.1, 0.15) is 92.4 Å². The molecule has 0 aromatic rings. The van der Waals surface area contributed by atoms with E-state index in [1.807, 2.05) is 0 Å². The zero-order chi connectivity index (χ0) is 14.6. The lowest BCUT2D eigenvalue weighted by molar-refractivity contribution is 0.147. The van der Waals surface area contributed by atoms with Crippen molar-refractivity contribution >= 4 is 0 Å². The van der Waals surface area contributed by atoms with Gasteiger partial charge in [-0.15, -0.1) is 0 Å². The predicted molar refractivity (Wildman–Crippen MR) is 88.8 cm³/mol. The molecular formula is C18H39N. The first-order valence-electron chi connectivity index (χ1n) is 8.84. The molecule has 0 bridgehead atoms. The molecule has 1 unspecified atom stereocenters. The summed E-state index contributed by atoms with van der Waals surface area (Å²) in [6.45, 7) is 15.4. The number of hydrogen-bond donors (Lipinski definition) is 0. The molecule has 0 aromatic heterocycles. The van der Waals surface area contributed by atoms with E-state index in [0.29, 0.717) is 5.41 Å². The van der Waals surface area contributed by atoms with Crippen LogP contribution in [-0.2, 0) is 0 Å². The molecule has 1 atom stereocenters. The largest absolute Gasteiger partial charge is 0.303 e. The van der Waals surface area contributed by atoms with E-state index in [4.69, 9.17) is 0 Å². The average molecular weight is 270 g/mol. The maximum atomic E-state index is 2.61. The molecule has 0 radical (unpaired) electrons. The second-order valence-corrected chi connectivity index (χ2v) is 6.54. The predicted octanol–water partition coefficient (Wildman–Crippen LogP) is 5.89. The van der Waals surface area contributed by atoms with E-state index >= 15 is 0 Å². The van der Waals surface area contributed by atoms with Crippen molar-refractivity contribution in [1.82, 2.24) is 4.90 Å². The highest BCUT2D eigenvalue weighted by atomic mass is 15.1. The Morgan fingerprint density at radius 3 is 1.74 bits per heavy atom. The standard InChI is InChI=1S/C18H39N/c1-6-10-12-13-14-16-18(5,15-11-7-2)17-19(8-3)9-4/h6-17H2,1-5H3. The van der Waals surface area contributed by atoms with E-state index in [9.17, 15) is 0 Å². The van der Waals surface area contributed by atoms with Gasteiger partial charge < -0.3 is 4.90 Å². The Morgan fingerprint density at radius 2 is 1.21 bits per heavy atom. The second-order valence-electron chi connectivity index (χ2n) is 6.54. The highest BCUT2D eigenvalue weighted by Crippen LogP contribution is 2.32. The molecule has 0 heterocycles.